The van der Waals surface area contributed by atoms with Crippen LogP contribution in [0.2, 0.25) is 0 Å². The van der Waals surface area contributed by atoms with Crippen LogP contribution in [0.3, 0.4) is 0 Å². The highest BCUT2D eigenvalue weighted by molar-refractivity contribution is 5.16. The van der Waals surface area contributed by atoms with Crippen LogP contribution in [-0.2, 0) is 0 Å². The first-order valence-electron chi connectivity index (χ1n) is 3.94. The van der Waals surface area contributed by atoms with Crippen LogP contribution in [0.4, 0.5) is 0 Å². The van der Waals surface area contributed by atoms with Crippen molar-refractivity contribution in [2.75, 3.05) is 0 Å². The molecule has 1 nitrogen and oxygen atoms in total. The molecule has 1 atom stereocenters. The topological polar surface area (TPSA) is 23.8 Å². The summed E-state index contributed by atoms with van der Waals surface area (Å²) < 4.78 is 0. The molecule has 1 fully saturated rings. The maximum absolute atomic E-state index is 8.36. The molecule has 0 aromatic carbocycles. The molecule has 1 rings (SSSR count). The van der Waals surface area contributed by atoms with E-state index in [0.29, 0.717) is 0 Å². The number of allylic oxidation sites excluding steroid dienone is 2. The van der Waals surface area contributed by atoms with E-state index in [1.807, 2.05) is 0 Å². The summed E-state index contributed by atoms with van der Waals surface area (Å²) in [5, 5.41) is 8.36. The quantitative estimate of drug-likeness (QED) is 0.507. The fraction of sp³-hybridized carbons (Fsp3) is 0.667. The van der Waals surface area contributed by atoms with Crippen LogP contribution in [0, 0.1) is 17.2 Å². The summed E-state index contributed by atoms with van der Waals surface area (Å²) in [6, 6.07) is 2.09. The van der Waals surface area contributed by atoms with E-state index in [1.54, 1.807) is 6.08 Å². The minimum atomic E-state index is 0.861. The summed E-state index contributed by atoms with van der Waals surface area (Å²) in [5.74, 6) is 0.861. The Morgan fingerprint density at radius 3 is 3.10 bits per heavy atom. The molecule has 0 aliphatic heterocycles. The van der Waals surface area contributed by atoms with Crippen LogP contribution < -0.4 is 0 Å². The zero-order valence-corrected chi connectivity index (χ0v) is 6.43. The lowest BCUT2D eigenvalue weighted by molar-refractivity contribution is 0.538. The lowest BCUT2D eigenvalue weighted by atomic mass is 10.1. The van der Waals surface area contributed by atoms with E-state index in [2.05, 4.69) is 13.0 Å². The Morgan fingerprint density at radius 2 is 2.60 bits per heavy atom. The van der Waals surface area contributed by atoms with Crippen LogP contribution in [0.5, 0.6) is 0 Å². The maximum atomic E-state index is 8.36. The van der Waals surface area contributed by atoms with Crippen molar-refractivity contribution in [1.82, 2.24) is 0 Å². The van der Waals surface area contributed by atoms with Crippen LogP contribution >= 0.6 is 0 Å². The molecule has 0 aromatic rings. The number of hydrogen-bond donors (Lipinski definition) is 0. The van der Waals surface area contributed by atoms with Gasteiger partial charge < -0.3 is 0 Å². The van der Waals surface area contributed by atoms with Crippen molar-refractivity contribution >= 4 is 0 Å². The molecule has 0 spiro atoms. The van der Waals surface area contributed by atoms with E-state index in [9.17, 15) is 0 Å². The van der Waals surface area contributed by atoms with Gasteiger partial charge in [0.1, 0.15) is 0 Å². The van der Waals surface area contributed by atoms with Gasteiger partial charge in [-0.2, -0.15) is 5.26 Å². The Balaban J connectivity index is 2.44. The highest BCUT2D eigenvalue weighted by atomic mass is 14.2. The normalized spacial score (nSPS) is 28.8. The minimum Gasteiger partial charge on any atom is -0.193 e. The predicted octanol–water partition coefficient (Wildman–Crippen LogP) is 2.65. The van der Waals surface area contributed by atoms with Gasteiger partial charge in [-0.05, 0) is 25.2 Å². The van der Waals surface area contributed by atoms with Crippen molar-refractivity contribution in [2.24, 2.45) is 5.92 Å². The number of nitrogens with zero attached hydrogens (tertiary/aromatic N) is 1. The molecule has 0 heterocycles. The summed E-state index contributed by atoms with van der Waals surface area (Å²) >= 11 is 0. The third kappa shape index (κ3) is 1.60. The highest BCUT2D eigenvalue weighted by Gasteiger charge is 2.16. The second-order valence-electron chi connectivity index (χ2n) is 2.95. The van der Waals surface area contributed by atoms with E-state index in [4.69, 9.17) is 5.26 Å². The molecular weight excluding hydrogens is 122 g/mol. The van der Waals surface area contributed by atoms with E-state index in [1.165, 1.54) is 24.8 Å². The van der Waals surface area contributed by atoms with Crippen molar-refractivity contribution in [1.29, 1.82) is 5.26 Å². The molecule has 1 saturated carbocycles. The fourth-order valence-electron chi connectivity index (χ4n) is 1.54. The molecular formula is C9H13N. The van der Waals surface area contributed by atoms with Gasteiger partial charge in [-0.3, -0.25) is 0 Å². The van der Waals surface area contributed by atoms with Gasteiger partial charge in [0.25, 0.3) is 0 Å². The average molecular weight is 135 g/mol. The lowest BCUT2D eigenvalue weighted by Crippen LogP contribution is -1.87. The molecule has 0 saturated heterocycles. The second kappa shape index (κ2) is 3.41. The smallest absolute Gasteiger partial charge is 0.0911 e. The van der Waals surface area contributed by atoms with Gasteiger partial charge in [0.05, 0.1) is 6.07 Å². The average Bonchev–Trinajstić information content (AvgIpc) is 2.37. The lowest BCUT2D eigenvalue weighted by Gasteiger charge is -2.00. The molecule has 0 N–H and O–H groups in total. The van der Waals surface area contributed by atoms with Crippen molar-refractivity contribution in [3.63, 3.8) is 0 Å². The largest absolute Gasteiger partial charge is 0.193 e. The Morgan fingerprint density at radius 1 is 1.80 bits per heavy atom. The van der Waals surface area contributed by atoms with Crippen molar-refractivity contribution in [3.8, 4) is 6.07 Å². The van der Waals surface area contributed by atoms with Gasteiger partial charge in [0, 0.05) is 6.08 Å². The number of rotatable bonds is 1. The summed E-state index contributed by atoms with van der Waals surface area (Å²) in [6.07, 6.45) is 6.61. The Hall–Kier alpha value is -0.770. The summed E-state index contributed by atoms with van der Waals surface area (Å²) in [5.41, 5.74) is 1.36. The molecule has 54 valence electrons. The first kappa shape index (κ1) is 7.34. The van der Waals surface area contributed by atoms with Gasteiger partial charge in [-0.15, -0.1) is 0 Å². The fourth-order valence-corrected chi connectivity index (χ4v) is 1.54. The van der Waals surface area contributed by atoms with Gasteiger partial charge in [0.2, 0.25) is 0 Å². The third-order valence-corrected chi connectivity index (χ3v) is 2.27. The van der Waals surface area contributed by atoms with Gasteiger partial charge in [-0.25, -0.2) is 0 Å². The van der Waals surface area contributed by atoms with E-state index >= 15 is 0 Å². The molecule has 1 heteroatoms. The molecule has 1 aliphatic carbocycles. The predicted molar refractivity (Wildman–Crippen MR) is 41.3 cm³/mol. The molecule has 1 aliphatic rings. The monoisotopic (exact) mass is 135 g/mol. The minimum absolute atomic E-state index is 0.861. The zero-order chi connectivity index (χ0) is 7.40. The Labute approximate surface area is 62.4 Å². The van der Waals surface area contributed by atoms with Crippen LogP contribution in [0.1, 0.15) is 32.6 Å². The Kier molecular flexibility index (Phi) is 2.50. The molecule has 0 aromatic heterocycles. The molecule has 10 heavy (non-hydrogen) atoms. The van der Waals surface area contributed by atoms with Crippen molar-refractivity contribution < 1.29 is 0 Å². The summed E-state index contributed by atoms with van der Waals surface area (Å²) in [4.78, 5) is 0. The first-order chi connectivity index (χ1) is 4.86. The molecule has 0 amide bonds. The first-order valence-corrected chi connectivity index (χ1v) is 3.94. The SMILES string of the molecule is CCC1CCC(=CC#N)C1. The van der Waals surface area contributed by atoms with E-state index in [0.717, 1.165) is 12.3 Å². The number of hydrogen-bond acceptors (Lipinski definition) is 1. The van der Waals surface area contributed by atoms with Gasteiger partial charge >= 0.3 is 0 Å². The standard InChI is InChI=1S/C9H13N/c1-2-8-3-4-9(7-8)5-6-10/h5,8H,2-4,7H2,1H3. The summed E-state index contributed by atoms with van der Waals surface area (Å²) in [6.45, 7) is 2.22. The van der Waals surface area contributed by atoms with Crippen LogP contribution in [-0.4, -0.2) is 0 Å². The van der Waals surface area contributed by atoms with E-state index in [-0.39, 0.29) is 0 Å². The van der Waals surface area contributed by atoms with Crippen LogP contribution in [0.15, 0.2) is 11.6 Å². The second-order valence-corrected chi connectivity index (χ2v) is 2.95. The van der Waals surface area contributed by atoms with E-state index < -0.39 is 0 Å². The van der Waals surface area contributed by atoms with Gasteiger partial charge in [-0.1, -0.05) is 18.9 Å². The zero-order valence-electron chi connectivity index (χ0n) is 6.43. The van der Waals surface area contributed by atoms with Crippen LogP contribution in [0.25, 0.3) is 0 Å². The number of nitriles is 1. The third-order valence-electron chi connectivity index (χ3n) is 2.27. The Bertz CT molecular complexity index is 174. The van der Waals surface area contributed by atoms with Crippen molar-refractivity contribution in [3.05, 3.63) is 11.6 Å². The molecule has 1 unspecified atom stereocenters. The highest BCUT2D eigenvalue weighted by Crippen LogP contribution is 2.31. The molecule has 0 bridgehead atoms. The van der Waals surface area contributed by atoms with Crippen molar-refractivity contribution in [2.45, 2.75) is 32.6 Å². The maximum Gasteiger partial charge on any atom is 0.0911 e. The summed E-state index contributed by atoms with van der Waals surface area (Å²) in [7, 11) is 0. The molecule has 0 radical (unpaired) electrons. The van der Waals surface area contributed by atoms with Gasteiger partial charge in [0.15, 0.2) is 0 Å².